The molecule has 0 aromatic carbocycles. The average Bonchev–Trinajstić information content (AvgIpc) is 3.17. The van der Waals surface area contributed by atoms with Crippen molar-refractivity contribution in [1.29, 1.82) is 0 Å². The number of hydrogen-bond acceptors (Lipinski definition) is 3. The molecule has 0 fully saturated rings. The number of thiophene rings is 1. The molecule has 0 aliphatic heterocycles. The number of rotatable bonds is 8. The van der Waals surface area contributed by atoms with E-state index >= 15 is 0 Å². The van der Waals surface area contributed by atoms with Crippen LogP contribution in [0.2, 0.25) is 0 Å². The summed E-state index contributed by atoms with van der Waals surface area (Å²) in [6.45, 7) is 5.97. The van der Waals surface area contributed by atoms with Crippen LogP contribution in [0.5, 0.6) is 0 Å². The van der Waals surface area contributed by atoms with Gasteiger partial charge in [0, 0.05) is 37.4 Å². The van der Waals surface area contributed by atoms with Gasteiger partial charge in [0.2, 0.25) is 0 Å². The lowest BCUT2D eigenvalue weighted by Gasteiger charge is -2.10. The maximum Gasteiger partial charge on any atom is 0.191 e. The zero-order chi connectivity index (χ0) is 14.8. The van der Waals surface area contributed by atoms with E-state index in [1.54, 1.807) is 17.6 Å². The number of aliphatic imine (C=N–C) groups is 1. The van der Waals surface area contributed by atoms with Crippen LogP contribution in [0.15, 0.2) is 58.0 Å². The van der Waals surface area contributed by atoms with Gasteiger partial charge in [0.15, 0.2) is 5.96 Å². The molecule has 120 valence electrons. The summed E-state index contributed by atoms with van der Waals surface area (Å²) in [5.74, 6) is 1.79. The van der Waals surface area contributed by atoms with Gasteiger partial charge in [-0.2, -0.15) is 0 Å². The van der Waals surface area contributed by atoms with E-state index in [9.17, 15) is 0 Å². The molecule has 2 rings (SSSR count). The minimum absolute atomic E-state index is 0. The maximum absolute atomic E-state index is 5.31. The van der Waals surface area contributed by atoms with Crippen molar-refractivity contribution in [2.24, 2.45) is 4.99 Å². The first-order chi connectivity index (χ1) is 10.4. The molecule has 2 aromatic rings. The van der Waals surface area contributed by atoms with Gasteiger partial charge in [0.1, 0.15) is 5.76 Å². The first-order valence-corrected chi connectivity index (χ1v) is 7.94. The third kappa shape index (κ3) is 7.13. The van der Waals surface area contributed by atoms with Crippen LogP contribution in [0.1, 0.15) is 10.6 Å². The summed E-state index contributed by atoms with van der Waals surface area (Å²) in [6, 6.07) is 8.09. The molecule has 0 unspecified atom stereocenters. The molecule has 0 aliphatic carbocycles. The van der Waals surface area contributed by atoms with Crippen LogP contribution in [0.4, 0.5) is 0 Å². The van der Waals surface area contributed by atoms with Gasteiger partial charge >= 0.3 is 0 Å². The molecule has 0 radical (unpaired) electrons. The Kier molecular flexibility index (Phi) is 9.65. The minimum atomic E-state index is 0. The van der Waals surface area contributed by atoms with Crippen molar-refractivity contribution in [3.63, 3.8) is 0 Å². The highest BCUT2D eigenvalue weighted by Crippen LogP contribution is 2.08. The number of halogens is 1. The molecule has 4 nitrogen and oxygen atoms in total. The van der Waals surface area contributed by atoms with Crippen LogP contribution in [0, 0.1) is 0 Å². The van der Waals surface area contributed by atoms with E-state index in [1.807, 2.05) is 18.2 Å². The summed E-state index contributed by atoms with van der Waals surface area (Å²) in [5.41, 5.74) is 0. The lowest BCUT2D eigenvalue weighted by Crippen LogP contribution is -2.38. The van der Waals surface area contributed by atoms with E-state index in [4.69, 9.17) is 4.42 Å². The molecule has 2 N–H and O–H groups in total. The Bertz CT molecular complexity index is 538. The molecule has 6 heteroatoms. The lowest BCUT2D eigenvalue weighted by atomic mass is 10.3. The zero-order valence-corrected chi connectivity index (χ0v) is 15.6. The van der Waals surface area contributed by atoms with Crippen molar-refractivity contribution in [3.8, 4) is 0 Å². The predicted molar refractivity (Wildman–Crippen MR) is 104 cm³/mol. The number of furan rings is 1. The number of guanidine groups is 1. The molecule has 0 saturated carbocycles. The monoisotopic (exact) mass is 431 g/mol. The van der Waals surface area contributed by atoms with Crippen molar-refractivity contribution in [3.05, 3.63) is 59.2 Å². The Hall–Kier alpha value is -1.28. The third-order valence-corrected chi connectivity index (χ3v) is 3.80. The van der Waals surface area contributed by atoms with Crippen LogP contribution >= 0.6 is 35.3 Å². The standard InChI is InChI=1S/C16H21N3OS.HI/c1-2-9-17-16(18-10-7-14-5-3-12-20-14)19-11-8-15-6-4-13-21-15;/h2-6,12-13H,1,7-11H2,(H2,17,18,19);1H. The van der Waals surface area contributed by atoms with Crippen LogP contribution in [-0.4, -0.2) is 25.6 Å². The lowest BCUT2D eigenvalue weighted by molar-refractivity contribution is 0.507. The molecule has 2 heterocycles. The number of nitrogens with zero attached hydrogens (tertiary/aromatic N) is 1. The summed E-state index contributed by atoms with van der Waals surface area (Å²) in [4.78, 5) is 5.94. The second kappa shape index (κ2) is 11.3. The van der Waals surface area contributed by atoms with Gasteiger partial charge in [-0.15, -0.1) is 41.9 Å². The highest BCUT2D eigenvalue weighted by atomic mass is 127. The van der Waals surface area contributed by atoms with Crippen molar-refractivity contribution in [2.75, 3.05) is 19.6 Å². The fourth-order valence-corrected chi connectivity index (χ4v) is 2.53. The maximum atomic E-state index is 5.31. The van der Waals surface area contributed by atoms with Crippen molar-refractivity contribution in [2.45, 2.75) is 12.8 Å². The normalized spacial score (nSPS) is 10.8. The van der Waals surface area contributed by atoms with E-state index in [-0.39, 0.29) is 24.0 Å². The van der Waals surface area contributed by atoms with Crippen molar-refractivity contribution < 1.29 is 4.42 Å². The third-order valence-electron chi connectivity index (χ3n) is 2.87. The molecular formula is C16H22IN3OS. The van der Waals surface area contributed by atoms with Gasteiger partial charge in [-0.1, -0.05) is 12.1 Å². The quantitative estimate of drug-likeness (QED) is 0.291. The summed E-state index contributed by atoms with van der Waals surface area (Å²) >= 11 is 1.77. The van der Waals surface area contributed by atoms with Crippen LogP contribution < -0.4 is 10.6 Å². The number of hydrogen-bond donors (Lipinski definition) is 2. The van der Waals surface area contributed by atoms with Gasteiger partial charge in [0.05, 0.1) is 6.26 Å². The van der Waals surface area contributed by atoms with Crippen LogP contribution in [-0.2, 0) is 12.8 Å². The molecule has 0 atom stereocenters. The van der Waals surface area contributed by atoms with E-state index in [0.717, 1.165) is 37.7 Å². The average molecular weight is 431 g/mol. The Morgan fingerprint density at radius 1 is 1.27 bits per heavy atom. The predicted octanol–water partition coefficient (Wildman–Crippen LogP) is 3.47. The van der Waals surface area contributed by atoms with E-state index < -0.39 is 0 Å². The Morgan fingerprint density at radius 2 is 2.18 bits per heavy atom. The fraction of sp³-hybridized carbons (Fsp3) is 0.312. The van der Waals surface area contributed by atoms with E-state index in [2.05, 4.69) is 39.7 Å². The molecule has 0 bridgehead atoms. The molecule has 0 aliphatic rings. The van der Waals surface area contributed by atoms with E-state index in [1.165, 1.54) is 4.88 Å². The fourth-order valence-electron chi connectivity index (χ4n) is 1.83. The first-order valence-electron chi connectivity index (χ1n) is 7.06. The number of nitrogens with one attached hydrogen (secondary N) is 2. The summed E-state index contributed by atoms with van der Waals surface area (Å²) in [5, 5.41) is 8.63. The van der Waals surface area contributed by atoms with Gasteiger partial charge in [-0.3, -0.25) is 4.99 Å². The molecule has 22 heavy (non-hydrogen) atoms. The molecule has 0 amide bonds. The Morgan fingerprint density at radius 3 is 2.86 bits per heavy atom. The molecule has 0 saturated heterocycles. The van der Waals surface area contributed by atoms with Crippen molar-refractivity contribution >= 4 is 41.3 Å². The Balaban J connectivity index is 0.00000242. The van der Waals surface area contributed by atoms with Gasteiger partial charge in [-0.25, -0.2) is 0 Å². The largest absolute Gasteiger partial charge is 0.469 e. The summed E-state index contributed by atoms with van der Waals surface area (Å²) in [6.07, 6.45) is 5.33. The van der Waals surface area contributed by atoms with Crippen molar-refractivity contribution in [1.82, 2.24) is 10.6 Å². The smallest absolute Gasteiger partial charge is 0.191 e. The minimum Gasteiger partial charge on any atom is -0.469 e. The summed E-state index contributed by atoms with van der Waals surface area (Å²) in [7, 11) is 0. The zero-order valence-electron chi connectivity index (χ0n) is 12.5. The highest BCUT2D eigenvalue weighted by molar-refractivity contribution is 14.0. The van der Waals surface area contributed by atoms with Crippen LogP contribution in [0.25, 0.3) is 0 Å². The molecule has 2 aromatic heterocycles. The van der Waals surface area contributed by atoms with E-state index in [0.29, 0.717) is 6.54 Å². The SMILES string of the molecule is C=CCNC(=NCCc1cccs1)NCCc1ccco1.I. The molecular weight excluding hydrogens is 409 g/mol. The molecule has 0 spiro atoms. The second-order valence-electron chi connectivity index (χ2n) is 4.49. The van der Waals surface area contributed by atoms with Crippen LogP contribution in [0.3, 0.4) is 0 Å². The highest BCUT2D eigenvalue weighted by Gasteiger charge is 2.00. The topological polar surface area (TPSA) is 49.6 Å². The summed E-state index contributed by atoms with van der Waals surface area (Å²) < 4.78 is 5.31. The first kappa shape index (κ1) is 18.8. The second-order valence-corrected chi connectivity index (χ2v) is 5.52. The van der Waals surface area contributed by atoms with Gasteiger partial charge < -0.3 is 15.1 Å². The Labute approximate surface area is 152 Å². The van der Waals surface area contributed by atoms with Gasteiger partial charge in [0.25, 0.3) is 0 Å². The van der Waals surface area contributed by atoms with Gasteiger partial charge in [-0.05, 0) is 23.6 Å².